The van der Waals surface area contributed by atoms with Gasteiger partial charge in [0.1, 0.15) is 12.2 Å². The molecule has 0 spiro atoms. The predicted molar refractivity (Wildman–Crippen MR) is 36.6 cm³/mol. The third kappa shape index (κ3) is 1.88. The minimum Gasteiger partial charge on any atom is -0.389 e. The number of aliphatic hydroxyl groups is 3. The molecular weight excluding hydrogens is 150 g/mol. The molecule has 0 aromatic heterocycles. The molecule has 5 heteroatoms. The number of hydrogen-bond acceptors (Lipinski definition) is 5. The zero-order chi connectivity index (χ0) is 8.43. The van der Waals surface area contributed by atoms with E-state index in [4.69, 9.17) is 9.94 Å². The fourth-order valence-electron chi connectivity index (χ4n) is 0.957. The van der Waals surface area contributed by atoms with E-state index in [1.807, 2.05) is 0 Å². The Labute approximate surface area is 64.6 Å². The molecule has 1 rings (SSSR count). The predicted octanol–water partition coefficient (Wildman–Crippen LogP) is -2.01. The third-order valence-corrected chi connectivity index (χ3v) is 1.78. The highest BCUT2D eigenvalue weighted by Gasteiger charge is 2.32. The van der Waals surface area contributed by atoms with Crippen molar-refractivity contribution in [3.8, 4) is 0 Å². The van der Waals surface area contributed by atoms with E-state index in [9.17, 15) is 10.2 Å². The first-order chi connectivity index (χ1) is 5.13. The Balaban J connectivity index is 2.58. The molecule has 0 radical (unpaired) electrons. The lowest BCUT2D eigenvalue weighted by molar-refractivity contribution is -0.0644. The van der Waals surface area contributed by atoms with Gasteiger partial charge >= 0.3 is 0 Å². The van der Waals surface area contributed by atoms with Gasteiger partial charge in [0.25, 0.3) is 0 Å². The number of hydroxylamine groups is 1. The molecule has 11 heavy (non-hydrogen) atoms. The van der Waals surface area contributed by atoms with E-state index in [0.29, 0.717) is 0 Å². The molecule has 1 aliphatic rings. The van der Waals surface area contributed by atoms with Gasteiger partial charge in [-0.05, 0) is 6.92 Å². The Kier molecular flexibility index (Phi) is 2.80. The minimum absolute atomic E-state index is 0.0113. The maximum atomic E-state index is 9.24. The van der Waals surface area contributed by atoms with Crippen molar-refractivity contribution in [3.05, 3.63) is 0 Å². The van der Waals surface area contributed by atoms with Crippen LogP contribution in [-0.2, 0) is 4.84 Å². The van der Waals surface area contributed by atoms with Crippen molar-refractivity contribution in [2.45, 2.75) is 31.3 Å². The van der Waals surface area contributed by atoms with E-state index >= 15 is 0 Å². The molecule has 0 amide bonds. The standard InChI is InChI=1S/C6H13NO4/c1-3-5(9)6(10)4(8)2-11-7-3/h3-10H,2H2,1H3. The first-order valence-electron chi connectivity index (χ1n) is 3.54. The highest BCUT2D eigenvalue weighted by molar-refractivity contribution is 4.83. The second-order valence-electron chi connectivity index (χ2n) is 2.77. The fraction of sp³-hybridized carbons (Fsp3) is 1.00. The molecule has 4 atom stereocenters. The monoisotopic (exact) mass is 163 g/mol. The summed E-state index contributed by atoms with van der Waals surface area (Å²) in [7, 11) is 0. The van der Waals surface area contributed by atoms with E-state index in [1.54, 1.807) is 6.92 Å². The van der Waals surface area contributed by atoms with Crippen molar-refractivity contribution in [2.24, 2.45) is 0 Å². The summed E-state index contributed by atoms with van der Waals surface area (Å²) in [6, 6.07) is -0.373. The minimum atomic E-state index is -1.14. The molecule has 0 aliphatic carbocycles. The highest BCUT2D eigenvalue weighted by Crippen LogP contribution is 2.08. The molecule has 0 saturated carbocycles. The third-order valence-electron chi connectivity index (χ3n) is 1.78. The first kappa shape index (κ1) is 8.89. The molecular formula is C6H13NO4. The maximum absolute atomic E-state index is 9.24. The molecule has 5 nitrogen and oxygen atoms in total. The topological polar surface area (TPSA) is 82.0 Å². The highest BCUT2D eigenvalue weighted by atomic mass is 16.7. The van der Waals surface area contributed by atoms with Crippen LogP contribution >= 0.6 is 0 Å². The Morgan fingerprint density at radius 3 is 2.55 bits per heavy atom. The lowest BCUT2D eigenvalue weighted by Gasteiger charge is -2.21. The van der Waals surface area contributed by atoms with E-state index in [1.165, 1.54) is 0 Å². The van der Waals surface area contributed by atoms with Crippen molar-refractivity contribution in [3.63, 3.8) is 0 Å². The molecule has 4 N–H and O–H groups in total. The van der Waals surface area contributed by atoms with Crippen molar-refractivity contribution in [1.29, 1.82) is 0 Å². The molecule has 0 aromatic carbocycles. The van der Waals surface area contributed by atoms with E-state index in [0.717, 1.165) is 0 Å². The fourth-order valence-corrected chi connectivity index (χ4v) is 0.957. The average molecular weight is 163 g/mol. The Hall–Kier alpha value is -0.200. The molecule has 0 bridgehead atoms. The van der Waals surface area contributed by atoms with Crippen molar-refractivity contribution < 1.29 is 20.2 Å². The largest absolute Gasteiger partial charge is 0.389 e. The zero-order valence-electron chi connectivity index (χ0n) is 6.27. The molecule has 1 saturated heterocycles. The summed E-state index contributed by atoms with van der Waals surface area (Å²) in [5.41, 5.74) is 2.49. The summed E-state index contributed by atoms with van der Waals surface area (Å²) in [5, 5.41) is 27.5. The molecule has 1 heterocycles. The van der Waals surface area contributed by atoms with Crippen LogP contribution in [0.25, 0.3) is 0 Å². The average Bonchev–Trinajstić information content (AvgIpc) is 2.07. The van der Waals surface area contributed by atoms with Crippen LogP contribution in [0.3, 0.4) is 0 Å². The summed E-state index contributed by atoms with van der Waals surface area (Å²) < 4.78 is 0. The molecule has 66 valence electrons. The summed E-state index contributed by atoms with van der Waals surface area (Å²) in [6.07, 6.45) is -3.16. The molecule has 0 aromatic rings. The number of rotatable bonds is 0. The summed E-state index contributed by atoms with van der Waals surface area (Å²) in [4.78, 5) is 4.74. The van der Waals surface area contributed by atoms with E-state index in [2.05, 4.69) is 5.48 Å². The van der Waals surface area contributed by atoms with Crippen LogP contribution in [0.4, 0.5) is 0 Å². The lowest BCUT2D eigenvalue weighted by atomic mass is 10.0. The Morgan fingerprint density at radius 1 is 1.27 bits per heavy atom. The van der Waals surface area contributed by atoms with Crippen LogP contribution in [0.15, 0.2) is 0 Å². The molecule has 1 aliphatic heterocycles. The molecule has 4 unspecified atom stereocenters. The van der Waals surface area contributed by atoms with Gasteiger partial charge in [-0.3, -0.25) is 4.84 Å². The van der Waals surface area contributed by atoms with Gasteiger partial charge in [-0.1, -0.05) is 0 Å². The van der Waals surface area contributed by atoms with Crippen LogP contribution < -0.4 is 5.48 Å². The van der Waals surface area contributed by atoms with Gasteiger partial charge in [0, 0.05) is 0 Å². The van der Waals surface area contributed by atoms with Gasteiger partial charge < -0.3 is 15.3 Å². The van der Waals surface area contributed by atoms with Crippen LogP contribution in [0.5, 0.6) is 0 Å². The summed E-state index contributed by atoms with van der Waals surface area (Å²) in [6.45, 7) is 1.65. The second kappa shape index (κ2) is 3.46. The van der Waals surface area contributed by atoms with Crippen LogP contribution in [0.1, 0.15) is 6.92 Å². The van der Waals surface area contributed by atoms with Crippen molar-refractivity contribution in [2.75, 3.05) is 6.61 Å². The number of hydrogen-bond donors (Lipinski definition) is 4. The first-order valence-corrected chi connectivity index (χ1v) is 3.54. The van der Waals surface area contributed by atoms with Gasteiger partial charge in [-0.25, -0.2) is 0 Å². The van der Waals surface area contributed by atoms with Crippen LogP contribution in [0, 0.1) is 0 Å². The van der Waals surface area contributed by atoms with E-state index in [-0.39, 0.29) is 12.6 Å². The van der Waals surface area contributed by atoms with Gasteiger partial charge in [0.2, 0.25) is 0 Å². The maximum Gasteiger partial charge on any atom is 0.110 e. The van der Waals surface area contributed by atoms with E-state index < -0.39 is 18.3 Å². The smallest absolute Gasteiger partial charge is 0.110 e. The summed E-state index contributed by atoms with van der Waals surface area (Å²) >= 11 is 0. The second-order valence-corrected chi connectivity index (χ2v) is 2.77. The summed E-state index contributed by atoms with van der Waals surface area (Å²) in [5.74, 6) is 0. The van der Waals surface area contributed by atoms with Crippen molar-refractivity contribution >= 4 is 0 Å². The van der Waals surface area contributed by atoms with Crippen LogP contribution in [0.2, 0.25) is 0 Å². The van der Waals surface area contributed by atoms with Gasteiger partial charge in [0.15, 0.2) is 0 Å². The molecule has 1 fully saturated rings. The quantitative estimate of drug-likeness (QED) is 0.332. The van der Waals surface area contributed by atoms with Gasteiger partial charge in [-0.15, -0.1) is 0 Å². The SMILES string of the molecule is CC1NOCC(O)C(O)C1O. The van der Waals surface area contributed by atoms with Gasteiger partial charge in [0.05, 0.1) is 18.8 Å². The van der Waals surface area contributed by atoms with Crippen molar-refractivity contribution in [1.82, 2.24) is 5.48 Å². The Morgan fingerprint density at radius 2 is 1.91 bits per heavy atom. The van der Waals surface area contributed by atoms with Gasteiger partial charge in [-0.2, -0.15) is 5.48 Å². The number of nitrogens with one attached hydrogen (secondary N) is 1. The zero-order valence-corrected chi connectivity index (χ0v) is 6.27. The normalized spacial score (nSPS) is 46.9. The Bertz CT molecular complexity index is 118. The van der Waals surface area contributed by atoms with Crippen LogP contribution in [-0.4, -0.2) is 46.3 Å². The lowest BCUT2D eigenvalue weighted by Crippen LogP contribution is -2.44. The number of aliphatic hydroxyl groups excluding tert-OH is 3.